The van der Waals surface area contributed by atoms with Gasteiger partial charge < -0.3 is 15.4 Å². The number of ether oxygens (including phenoxy) is 1. The van der Waals surface area contributed by atoms with Crippen molar-refractivity contribution in [3.05, 3.63) is 48.3 Å². The van der Waals surface area contributed by atoms with Gasteiger partial charge >= 0.3 is 0 Å². The second-order valence-electron chi connectivity index (χ2n) is 7.36. The van der Waals surface area contributed by atoms with E-state index >= 15 is 0 Å². The van der Waals surface area contributed by atoms with Crippen molar-refractivity contribution < 1.29 is 4.74 Å². The monoisotopic (exact) mass is 398 g/mol. The number of likely N-dealkylation sites (tertiary alicyclic amines) is 1. The maximum atomic E-state index is 5.66. The van der Waals surface area contributed by atoms with Gasteiger partial charge in [0.1, 0.15) is 5.75 Å². The SMILES string of the molecule is CN=C(NCCCn1cccn1)NCC(c1ccccc1OC)N1CCCCC1. The summed E-state index contributed by atoms with van der Waals surface area (Å²) in [5.41, 5.74) is 1.23. The van der Waals surface area contributed by atoms with E-state index in [0.717, 1.165) is 50.9 Å². The van der Waals surface area contributed by atoms with E-state index in [1.165, 1.54) is 24.8 Å². The number of piperidine rings is 1. The summed E-state index contributed by atoms with van der Waals surface area (Å²) in [6.45, 7) is 4.79. The van der Waals surface area contributed by atoms with Gasteiger partial charge in [-0.15, -0.1) is 0 Å². The second-order valence-corrected chi connectivity index (χ2v) is 7.36. The Hall–Kier alpha value is -2.54. The van der Waals surface area contributed by atoms with Crippen LogP contribution in [0.3, 0.4) is 0 Å². The molecule has 158 valence electrons. The van der Waals surface area contributed by atoms with Gasteiger partial charge in [0, 0.05) is 44.6 Å². The molecule has 0 radical (unpaired) electrons. The summed E-state index contributed by atoms with van der Waals surface area (Å²) in [7, 11) is 3.57. The summed E-state index contributed by atoms with van der Waals surface area (Å²) in [4.78, 5) is 6.97. The third-order valence-corrected chi connectivity index (χ3v) is 5.43. The van der Waals surface area contributed by atoms with Crippen LogP contribution in [-0.2, 0) is 6.54 Å². The largest absolute Gasteiger partial charge is 0.496 e. The number of nitrogens with one attached hydrogen (secondary N) is 2. The summed E-state index contributed by atoms with van der Waals surface area (Å²) < 4.78 is 7.61. The first-order valence-corrected chi connectivity index (χ1v) is 10.6. The van der Waals surface area contributed by atoms with Gasteiger partial charge in [-0.3, -0.25) is 14.6 Å². The molecule has 1 atom stereocenters. The van der Waals surface area contributed by atoms with Gasteiger partial charge in [0.2, 0.25) is 0 Å². The number of methoxy groups -OCH3 is 1. The van der Waals surface area contributed by atoms with Crippen LogP contribution in [0.1, 0.15) is 37.3 Å². The molecule has 0 aliphatic carbocycles. The summed E-state index contributed by atoms with van der Waals surface area (Å²) in [5.74, 6) is 1.79. The first-order valence-electron chi connectivity index (χ1n) is 10.6. The number of rotatable bonds is 9. The van der Waals surface area contributed by atoms with Gasteiger partial charge in [0.15, 0.2) is 5.96 Å². The number of nitrogens with zero attached hydrogens (tertiary/aromatic N) is 4. The van der Waals surface area contributed by atoms with E-state index < -0.39 is 0 Å². The summed E-state index contributed by atoms with van der Waals surface area (Å²) in [5, 5.41) is 11.2. The van der Waals surface area contributed by atoms with Gasteiger partial charge in [-0.25, -0.2) is 0 Å². The van der Waals surface area contributed by atoms with Crippen LogP contribution in [0.25, 0.3) is 0 Å². The molecule has 1 aromatic carbocycles. The topological polar surface area (TPSA) is 66.7 Å². The number of para-hydroxylation sites is 1. The molecular weight excluding hydrogens is 364 g/mol. The highest BCUT2D eigenvalue weighted by Crippen LogP contribution is 2.30. The van der Waals surface area contributed by atoms with Gasteiger partial charge in [0.25, 0.3) is 0 Å². The minimum Gasteiger partial charge on any atom is -0.496 e. The zero-order valence-corrected chi connectivity index (χ0v) is 17.7. The van der Waals surface area contributed by atoms with Crippen molar-refractivity contribution in [2.75, 3.05) is 40.3 Å². The van der Waals surface area contributed by atoms with Crippen LogP contribution >= 0.6 is 0 Å². The lowest BCUT2D eigenvalue weighted by molar-refractivity contribution is 0.161. The first kappa shape index (κ1) is 21.2. The number of hydrogen-bond acceptors (Lipinski definition) is 4. The lowest BCUT2D eigenvalue weighted by atomic mass is 10.0. The van der Waals surface area contributed by atoms with E-state index in [-0.39, 0.29) is 6.04 Å². The van der Waals surface area contributed by atoms with Crippen LogP contribution in [-0.4, -0.2) is 61.0 Å². The van der Waals surface area contributed by atoms with Crippen molar-refractivity contribution >= 4 is 5.96 Å². The molecule has 2 heterocycles. The quantitative estimate of drug-likeness (QED) is 0.386. The number of aryl methyl sites for hydroxylation is 1. The van der Waals surface area contributed by atoms with E-state index in [2.05, 4.69) is 43.8 Å². The molecule has 1 saturated heterocycles. The Morgan fingerprint density at radius 2 is 2.00 bits per heavy atom. The average Bonchev–Trinajstić information content (AvgIpc) is 3.30. The molecular formula is C22H34N6O. The molecule has 1 fully saturated rings. The number of guanidine groups is 1. The van der Waals surface area contributed by atoms with Gasteiger partial charge in [-0.1, -0.05) is 24.6 Å². The molecule has 0 bridgehead atoms. The second kappa shape index (κ2) is 11.5. The van der Waals surface area contributed by atoms with Crippen LogP contribution in [0, 0.1) is 0 Å². The fourth-order valence-electron chi connectivity index (χ4n) is 3.90. The molecule has 2 N–H and O–H groups in total. The maximum Gasteiger partial charge on any atom is 0.191 e. The highest BCUT2D eigenvalue weighted by Gasteiger charge is 2.25. The molecule has 1 aliphatic heterocycles. The lowest BCUT2D eigenvalue weighted by Crippen LogP contribution is -2.44. The molecule has 3 rings (SSSR count). The van der Waals surface area contributed by atoms with Crippen molar-refractivity contribution in [1.82, 2.24) is 25.3 Å². The molecule has 2 aromatic rings. The van der Waals surface area contributed by atoms with Crippen LogP contribution in [0.4, 0.5) is 0 Å². The zero-order chi connectivity index (χ0) is 20.3. The van der Waals surface area contributed by atoms with E-state index in [1.54, 1.807) is 7.11 Å². The highest BCUT2D eigenvalue weighted by atomic mass is 16.5. The Morgan fingerprint density at radius 3 is 2.72 bits per heavy atom. The standard InChI is InChI=1S/C22H34N6O/c1-23-22(24-12-8-16-28-17-9-13-26-28)25-18-20(27-14-6-3-7-15-27)19-10-4-5-11-21(19)29-2/h4-5,9-11,13,17,20H,3,6-8,12,14-16,18H2,1-2H3,(H2,23,24,25). The predicted molar refractivity (Wildman–Crippen MR) is 117 cm³/mol. The van der Waals surface area contributed by atoms with Gasteiger partial charge in [-0.05, 0) is 44.5 Å². The smallest absolute Gasteiger partial charge is 0.191 e. The van der Waals surface area contributed by atoms with Crippen molar-refractivity contribution in [2.45, 2.75) is 38.3 Å². The Labute approximate surface area is 174 Å². The molecule has 0 saturated carbocycles. The first-order chi connectivity index (χ1) is 14.3. The summed E-state index contributed by atoms with van der Waals surface area (Å²) >= 11 is 0. The fraction of sp³-hybridized carbons (Fsp3) is 0.545. The minimum atomic E-state index is 0.258. The third-order valence-electron chi connectivity index (χ3n) is 5.43. The number of aromatic nitrogens is 2. The molecule has 29 heavy (non-hydrogen) atoms. The molecule has 1 unspecified atom stereocenters. The van der Waals surface area contributed by atoms with E-state index in [1.807, 2.05) is 36.3 Å². The van der Waals surface area contributed by atoms with Crippen molar-refractivity contribution in [3.8, 4) is 5.75 Å². The summed E-state index contributed by atoms with van der Waals surface area (Å²) in [6, 6.07) is 10.6. The third kappa shape index (κ3) is 6.22. The van der Waals surface area contributed by atoms with Crippen molar-refractivity contribution in [3.63, 3.8) is 0 Å². The normalized spacial score (nSPS) is 16.4. The van der Waals surface area contributed by atoms with Crippen molar-refractivity contribution in [1.29, 1.82) is 0 Å². The summed E-state index contributed by atoms with van der Waals surface area (Å²) in [6.07, 6.45) is 8.63. The number of hydrogen-bond donors (Lipinski definition) is 2. The molecule has 1 aromatic heterocycles. The highest BCUT2D eigenvalue weighted by molar-refractivity contribution is 5.79. The molecule has 7 heteroatoms. The van der Waals surface area contributed by atoms with E-state index in [0.29, 0.717) is 0 Å². The van der Waals surface area contributed by atoms with E-state index in [4.69, 9.17) is 4.74 Å². The minimum absolute atomic E-state index is 0.258. The Balaban J connectivity index is 1.57. The Bertz CT molecular complexity index is 740. The van der Waals surface area contributed by atoms with Crippen molar-refractivity contribution in [2.24, 2.45) is 4.99 Å². The van der Waals surface area contributed by atoms with Crippen LogP contribution in [0.15, 0.2) is 47.7 Å². The fourth-order valence-corrected chi connectivity index (χ4v) is 3.90. The molecule has 1 aliphatic rings. The predicted octanol–water partition coefficient (Wildman–Crippen LogP) is 2.67. The average molecular weight is 399 g/mol. The van der Waals surface area contributed by atoms with Gasteiger partial charge in [-0.2, -0.15) is 5.10 Å². The molecule has 7 nitrogen and oxygen atoms in total. The van der Waals surface area contributed by atoms with E-state index in [9.17, 15) is 0 Å². The Morgan fingerprint density at radius 1 is 1.17 bits per heavy atom. The number of benzene rings is 1. The number of aliphatic imine (C=N–C) groups is 1. The molecule has 0 spiro atoms. The van der Waals surface area contributed by atoms with Crippen LogP contribution in [0.5, 0.6) is 5.75 Å². The van der Waals surface area contributed by atoms with Crippen LogP contribution < -0.4 is 15.4 Å². The zero-order valence-electron chi connectivity index (χ0n) is 17.7. The lowest BCUT2D eigenvalue weighted by Gasteiger charge is -2.35. The van der Waals surface area contributed by atoms with Crippen LogP contribution in [0.2, 0.25) is 0 Å². The maximum absolute atomic E-state index is 5.66. The molecule has 0 amide bonds. The van der Waals surface area contributed by atoms with Gasteiger partial charge in [0.05, 0.1) is 13.2 Å². The Kier molecular flexibility index (Phi) is 8.37.